The van der Waals surface area contributed by atoms with Crippen LogP contribution in [0.15, 0.2) is 18.6 Å². The lowest BCUT2D eigenvalue weighted by Gasteiger charge is -2.04. The van der Waals surface area contributed by atoms with Gasteiger partial charge < -0.3 is 16.0 Å². The number of aromatic amines is 1. The quantitative estimate of drug-likeness (QED) is 0.757. The Bertz CT molecular complexity index is 437. The van der Waals surface area contributed by atoms with Crippen molar-refractivity contribution >= 4 is 16.9 Å². The SMILES string of the molecule is CCC(C)CNC.Nc1ncnc2[nH]ccc12. The Morgan fingerprint density at radius 1 is 1.47 bits per heavy atom. The first kappa shape index (κ1) is 13.4. The first-order chi connectivity index (χ1) is 8.19. The molecule has 0 aliphatic heterocycles. The molecular formula is C12H21N5. The van der Waals surface area contributed by atoms with Crippen LogP contribution in [0.3, 0.4) is 0 Å². The molecule has 0 saturated carbocycles. The van der Waals surface area contributed by atoms with Crippen LogP contribution < -0.4 is 11.1 Å². The molecule has 0 saturated heterocycles. The monoisotopic (exact) mass is 235 g/mol. The Hall–Kier alpha value is -1.62. The highest BCUT2D eigenvalue weighted by Crippen LogP contribution is 2.12. The molecule has 1 atom stereocenters. The van der Waals surface area contributed by atoms with Gasteiger partial charge in [0, 0.05) is 6.20 Å². The number of nitrogens with one attached hydrogen (secondary N) is 2. The highest BCUT2D eigenvalue weighted by molar-refractivity contribution is 5.85. The third-order valence-electron chi connectivity index (χ3n) is 2.63. The third-order valence-corrected chi connectivity index (χ3v) is 2.63. The number of H-pyrrole nitrogens is 1. The van der Waals surface area contributed by atoms with Crippen LogP contribution >= 0.6 is 0 Å². The van der Waals surface area contributed by atoms with E-state index in [1.165, 1.54) is 12.7 Å². The number of aromatic nitrogens is 3. The van der Waals surface area contributed by atoms with Gasteiger partial charge in [0.1, 0.15) is 17.8 Å². The van der Waals surface area contributed by atoms with E-state index in [-0.39, 0.29) is 0 Å². The molecule has 4 N–H and O–H groups in total. The lowest BCUT2D eigenvalue weighted by atomic mass is 10.1. The van der Waals surface area contributed by atoms with Crippen molar-refractivity contribution in [2.45, 2.75) is 20.3 Å². The molecule has 5 heteroatoms. The summed E-state index contributed by atoms with van der Waals surface area (Å²) in [5.41, 5.74) is 6.31. The summed E-state index contributed by atoms with van der Waals surface area (Å²) in [6.07, 6.45) is 4.50. The van der Waals surface area contributed by atoms with Crippen LogP contribution in [0.1, 0.15) is 20.3 Å². The summed E-state index contributed by atoms with van der Waals surface area (Å²) in [5, 5.41) is 4.00. The zero-order chi connectivity index (χ0) is 12.7. The normalized spacial score (nSPS) is 11.9. The number of nitrogens with zero attached hydrogens (tertiary/aromatic N) is 2. The third kappa shape index (κ3) is 4.03. The highest BCUT2D eigenvalue weighted by Gasteiger charge is 1.97. The molecule has 1 unspecified atom stereocenters. The van der Waals surface area contributed by atoms with E-state index in [0.717, 1.165) is 23.5 Å². The standard InChI is InChI=1S/C6H6N4.C6H15N/c7-5-4-1-2-8-6(4)10-3-9-5;1-4-6(2)5-7-3/h1-3H,(H3,7,8,9,10);6-7H,4-5H2,1-3H3. The first-order valence-electron chi connectivity index (χ1n) is 5.87. The van der Waals surface area contributed by atoms with Gasteiger partial charge in [-0.15, -0.1) is 0 Å². The topological polar surface area (TPSA) is 79.6 Å². The molecule has 0 spiro atoms. The zero-order valence-electron chi connectivity index (χ0n) is 10.7. The van der Waals surface area contributed by atoms with Crippen molar-refractivity contribution in [2.24, 2.45) is 5.92 Å². The largest absolute Gasteiger partial charge is 0.383 e. The molecule has 94 valence electrons. The van der Waals surface area contributed by atoms with Gasteiger partial charge in [-0.3, -0.25) is 0 Å². The number of hydrogen-bond acceptors (Lipinski definition) is 4. The van der Waals surface area contributed by atoms with Crippen LogP contribution in [0.5, 0.6) is 0 Å². The van der Waals surface area contributed by atoms with Crippen LogP contribution in [-0.4, -0.2) is 28.5 Å². The predicted molar refractivity (Wildman–Crippen MR) is 71.7 cm³/mol. The number of anilines is 1. The molecule has 0 fully saturated rings. The van der Waals surface area contributed by atoms with E-state index in [2.05, 4.69) is 34.1 Å². The maximum Gasteiger partial charge on any atom is 0.142 e. The van der Waals surface area contributed by atoms with Crippen molar-refractivity contribution < 1.29 is 0 Å². The van der Waals surface area contributed by atoms with E-state index in [1.807, 2.05) is 13.1 Å². The average molecular weight is 235 g/mol. The summed E-state index contributed by atoms with van der Waals surface area (Å²) in [6, 6.07) is 1.85. The number of rotatable bonds is 3. The van der Waals surface area contributed by atoms with Gasteiger partial charge in [-0.05, 0) is 25.6 Å². The lowest BCUT2D eigenvalue weighted by Crippen LogP contribution is -2.14. The molecule has 0 aliphatic rings. The van der Waals surface area contributed by atoms with Gasteiger partial charge in [0.25, 0.3) is 0 Å². The molecule has 2 aromatic heterocycles. The van der Waals surface area contributed by atoms with Gasteiger partial charge in [-0.25, -0.2) is 9.97 Å². The Morgan fingerprint density at radius 3 is 2.76 bits per heavy atom. The van der Waals surface area contributed by atoms with Gasteiger partial charge >= 0.3 is 0 Å². The van der Waals surface area contributed by atoms with Crippen molar-refractivity contribution in [1.29, 1.82) is 0 Å². The van der Waals surface area contributed by atoms with Gasteiger partial charge in [0.15, 0.2) is 0 Å². The highest BCUT2D eigenvalue weighted by atomic mass is 15.0. The van der Waals surface area contributed by atoms with Crippen LogP contribution in [-0.2, 0) is 0 Å². The fourth-order valence-corrected chi connectivity index (χ4v) is 1.39. The summed E-state index contributed by atoms with van der Waals surface area (Å²) in [7, 11) is 1.99. The summed E-state index contributed by atoms with van der Waals surface area (Å²) in [4.78, 5) is 10.7. The van der Waals surface area contributed by atoms with Crippen LogP contribution in [0.25, 0.3) is 11.0 Å². The van der Waals surface area contributed by atoms with Crippen LogP contribution in [0.2, 0.25) is 0 Å². The number of hydrogen-bond donors (Lipinski definition) is 3. The van der Waals surface area contributed by atoms with Gasteiger partial charge in [0.05, 0.1) is 5.39 Å². The molecule has 2 heterocycles. The fraction of sp³-hybridized carbons (Fsp3) is 0.500. The molecule has 0 aromatic carbocycles. The van der Waals surface area contributed by atoms with E-state index in [1.54, 1.807) is 6.20 Å². The second kappa shape index (κ2) is 6.85. The van der Waals surface area contributed by atoms with Gasteiger partial charge in [-0.1, -0.05) is 20.3 Å². The maximum absolute atomic E-state index is 5.53. The summed E-state index contributed by atoms with van der Waals surface area (Å²) >= 11 is 0. The van der Waals surface area contributed by atoms with Crippen molar-refractivity contribution in [3.05, 3.63) is 18.6 Å². The molecule has 0 radical (unpaired) electrons. The first-order valence-corrected chi connectivity index (χ1v) is 5.87. The molecule has 2 aromatic rings. The summed E-state index contributed by atoms with van der Waals surface area (Å²) in [5.74, 6) is 1.36. The van der Waals surface area contributed by atoms with E-state index < -0.39 is 0 Å². The van der Waals surface area contributed by atoms with Crippen molar-refractivity contribution in [3.8, 4) is 0 Å². The second-order valence-electron chi connectivity index (χ2n) is 4.07. The van der Waals surface area contributed by atoms with E-state index in [0.29, 0.717) is 5.82 Å². The fourth-order valence-electron chi connectivity index (χ4n) is 1.39. The Kier molecular flexibility index (Phi) is 5.42. The molecule has 17 heavy (non-hydrogen) atoms. The Morgan fingerprint density at radius 2 is 2.24 bits per heavy atom. The molecular weight excluding hydrogens is 214 g/mol. The molecule has 0 aliphatic carbocycles. The Balaban J connectivity index is 0.000000185. The number of nitrogen functional groups attached to an aromatic ring is 1. The number of fused-ring (bicyclic) bond motifs is 1. The average Bonchev–Trinajstić information content (AvgIpc) is 2.80. The minimum atomic E-state index is 0.520. The smallest absolute Gasteiger partial charge is 0.142 e. The summed E-state index contributed by atoms with van der Waals surface area (Å²) in [6.45, 7) is 5.61. The van der Waals surface area contributed by atoms with Crippen molar-refractivity contribution in [1.82, 2.24) is 20.3 Å². The minimum Gasteiger partial charge on any atom is -0.383 e. The predicted octanol–water partition coefficient (Wildman–Crippen LogP) is 1.79. The second-order valence-corrected chi connectivity index (χ2v) is 4.07. The van der Waals surface area contributed by atoms with E-state index >= 15 is 0 Å². The minimum absolute atomic E-state index is 0.520. The Labute approximate surface area is 102 Å². The van der Waals surface area contributed by atoms with Crippen LogP contribution in [0.4, 0.5) is 5.82 Å². The maximum atomic E-state index is 5.53. The van der Waals surface area contributed by atoms with Crippen molar-refractivity contribution in [2.75, 3.05) is 19.3 Å². The molecule has 5 nitrogen and oxygen atoms in total. The summed E-state index contributed by atoms with van der Waals surface area (Å²) < 4.78 is 0. The van der Waals surface area contributed by atoms with E-state index in [9.17, 15) is 0 Å². The van der Waals surface area contributed by atoms with Gasteiger partial charge in [0.2, 0.25) is 0 Å². The molecule has 2 rings (SSSR count). The van der Waals surface area contributed by atoms with Gasteiger partial charge in [-0.2, -0.15) is 0 Å². The van der Waals surface area contributed by atoms with E-state index in [4.69, 9.17) is 5.73 Å². The molecule has 0 amide bonds. The number of nitrogens with two attached hydrogens (primary N) is 1. The molecule has 0 bridgehead atoms. The lowest BCUT2D eigenvalue weighted by molar-refractivity contribution is 0.528. The van der Waals surface area contributed by atoms with Crippen molar-refractivity contribution in [3.63, 3.8) is 0 Å². The zero-order valence-corrected chi connectivity index (χ0v) is 10.7. The van der Waals surface area contributed by atoms with Crippen LogP contribution in [0, 0.1) is 5.92 Å².